The third-order valence-corrected chi connectivity index (χ3v) is 4.92. The molecule has 1 atom stereocenters. The van der Waals surface area contributed by atoms with Crippen molar-refractivity contribution in [2.75, 3.05) is 0 Å². The summed E-state index contributed by atoms with van der Waals surface area (Å²) >= 11 is 0. The molecule has 0 aromatic carbocycles. The van der Waals surface area contributed by atoms with E-state index in [1.165, 1.54) is 69.0 Å². The third-order valence-electron chi connectivity index (χ3n) is 4.92. The van der Waals surface area contributed by atoms with Gasteiger partial charge in [0.15, 0.2) is 0 Å². The second-order valence-corrected chi connectivity index (χ2v) is 6.99. The van der Waals surface area contributed by atoms with Crippen molar-refractivity contribution in [2.24, 2.45) is 0 Å². The summed E-state index contributed by atoms with van der Waals surface area (Å²) in [4.78, 5) is 9.61. The quantitative estimate of drug-likeness (QED) is 0.458. The van der Waals surface area contributed by atoms with E-state index < -0.39 is 0 Å². The highest BCUT2D eigenvalue weighted by Gasteiger charge is 2.29. The molecule has 0 N–H and O–H groups in total. The molecule has 0 bridgehead atoms. The van der Waals surface area contributed by atoms with Crippen molar-refractivity contribution in [1.29, 1.82) is 0 Å². The van der Waals surface area contributed by atoms with Gasteiger partial charge in [-0.1, -0.05) is 72.6 Å². The Kier molecular flexibility index (Phi) is 8.67. The lowest BCUT2D eigenvalue weighted by Gasteiger charge is -2.28. The Balaban J connectivity index is 2.78. The Morgan fingerprint density at radius 1 is 0.909 bits per heavy atom. The van der Waals surface area contributed by atoms with Crippen molar-refractivity contribution in [3.63, 3.8) is 0 Å². The topological polar surface area (TPSA) is 25.8 Å². The van der Waals surface area contributed by atoms with Crippen LogP contribution in [0.5, 0.6) is 0 Å². The van der Waals surface area contributed by atoms with Crippen molar-refractivity contribution in [1.82, 2.24) is 9.97 Å². The Morgan fingerprint density at radius 3 is 2.14 bits per heavy atom. The summed E-state index contributed by atoms with van der Waals surface area (Å²) in [5, 5.41) is 0. The minimum absolute atomic E-state index is 0.152. The molecule has 1 aromatic rings. The number of aryl methyl sites for hydroxylation is 2. The lowest BCUT2D eigenvalue weighted by Crippen LogP contribution is -2.26. The van der Waals surface area contributed by atoms with Gasteiger partial charge in [-0.3, -0.25) is 0 Å². The van der Waals surface area contributed by atoms with E-state index in [1.54, 1.807) is 0 Å². The first kappa shape index (κ1) is 19.1. The highest BCUT2D eigenvalue weighted by molar-refractivity contribution is 5.19. The van der Waals surface area contributed by atoms with Crippen molar-refractivity contribution in [2.45, 2.75) is 104 Å². The van der Waals surface area contributed by atoms with Gasteiger partial charge in [0, 0.05) is 17.3 Å². The van der Waals surface area contributed by atoms with Gasteiger partial charge in [0.25, 0.3) is 0 Å². The van der Waals surface area contributed by atoms with Crippen LogP contribution in [0.1, 0.15) is 103 Å². The minimum atomic E-state index is 0.152. The average molecular weight is 305 g/mol. The van der Waals surface area contributed by atoms with Crippen LogP contribution in [-0.2, 0) is 11.8 Å². The number of nitrogens with zero attached hydrogens (tertiary/aromatic N) is 2. The fraction of sp³-hybridized carbons (Fsp3) is 0.800. The highest BCUT2D eigenvalue weighted by atomic mass is 14.9. The molecule has 2 heteroatoms. The predicted octanol–water partition coefficient (Wildman–Crippen LogP) is 6.16. The molecule has 0 saturated heterocycles. The molecule has 1 unspecified atom stereocenters. The van der Waals surface area contributed by atoms with Crippen molar-refractivity contribution < 1.29 is 0 Å². The van der Waals surface area contributed by atoms with Gasteiger partial charge in [-0.25, -0.2) is 9.97 Å². The molecule has 0 saturated carbocycles. The second kappa shape index (κ2) is 9.97. The zero-order valence-corrected chi connectivity index (χ0v) is 15.5. The van der Waals surface area contributed by atoms with Crippen LogP contribution in [-0.4, -0.2) is 9.97 Å². The Hall–Kier alpha value is -0.920. The van der Waals surface area contributed by atoms with E-state index in [0.29, 0.717) is 0 Å². The van der Waals surface area contributed by atoms with E-state index >= 15 is 0 Å². The normalized spacial score (nSPS) is 14.0. The molecular weight excluding hydrogens is 268 g/mol. The molecule has 1 aromatic heterocycles. The molecule has 0 aliphatic carbocycles. The van der Waals surface area contributed by atoms with Gasteiger partial charge in [0.1, 0.15) is 5.82 Å². The summed E-state index contributed by atoms with van der Waals surface area (Å²) in [6.07, 6.45) is 14.7. The van der Waals surface area contributed by atoms with Crippen molar-refractivity contribution >= 4 is 0 Å². The first-order valence-electron chi connectivity index (χ1n) is 9.40. The first-order chi connectivity index (χ1) is 10.6. The number of hydrogen-bond donors (Lipinski definition) is 0. The summed E-state index contributed by atoms with van der Waals surface area (Å²) in [6, 6.07) is 0. The molecule has 0 fully saturated rings. The van der Waals surface area contributed by atoms with Gasteiger partial charge < -0.3 is 0 Å². The maximum atomic E-state index is 4.87. The van der Waals surface area contributed by atoms with E-state index in [4.69, 9.17) is 9.97 Å². The van der Waals surface area contributed by atoms with Gasteiger partial charge >= 0.3 is 0 Å². The lowest BCUT2D eigenvalue weighted by atomic mass is 9.79. The summed E-state index contributed by atoms with van der Waals surface area (Å²) in [5.41, 5.74) is 2.60. The summed E-state index contributed by atoms with van der Waals surface area (Å²) in [6.45, 7) is 11.2. The van der Waals surface area contributed by atoms with Crippen LogP contribution in [0.4, 0.5) is 0 Å². The van der Waals surface area contributed by atoms with Gasteiger partial charge in [0.05, 0.1) is 0 Å². The SMILES string of the molecule is CCCCCCCC(C)(CCCC)c1ncc(CC)c(C)n1. The molecule has 0 radical (unpaired) electrons. The molecule has 0 spiro atoms. The van der Waals surface area contributed by atoms with Crippen LogP contribution < -0.4 is 0 Å². The van der Waals surface area contributed by atoms with Crippen LogP contribution in [0.25, 0.3) is 0 Å². The maximum Gasteiger partial charge on any atom is 0.134 e. The van der Waals surface area contributed by atoms with E-state index in [9.17, 15) is 0 Å². The third kappa shape index (κ3) is 5.70. The Labute approximate surface area is 138 Å². The largest absolute Gasteiger partial charge is 0.240 e. The standard InChI is InChI=1S/C20H36N2/c1-6-9-11-12-13-15-20(5,14-10-7-2)19-21-16-18(8-3)17(4)22-19/h16H,6-15H2,1-5H3. The van der Waals surface area contributed by atoms with Crippen LogP contribution in [0.2, 0.25) is 0 Å². The molecule has 22 heavy (non-hydrogen) atoms. The number of rotatable bonds is 11. The molecule has 1 heterocycles. The monoisotopic (exact) mass is 304 g/mol. The van der Waals surface area contributed by atoms with Gasteiger partial charge in [0.2, 0.25) is 0 Å². The summed E-state index contributed by atoms with van der Waals surface area (Å²) in [7, 11) is 0. The van der Waals surface area contributed by atoms with E-state index in [2.05, 4.69) is 40.8 Å². The van der Waals surface area contributed by atoms with E-state index in [-0.39, 0.29) is 5.41 Å². The van der Waals surface area contributed by atoms with Gasteiger partial charge in [-0.15, -0.1) is 0 Å². The van der Waals surface area contributed by atoms with Gasteiger partial charge in [-0.2, -0.15) is 0 Å². The van der Waals surface area contributed by atoms with Crippen molar-refractivity contribution in [3.05, 3.63) is 23.3 Å². The second-order valence-electron chi connectivity index (χ2n) is 6.99. The fourth-order valence-corrected chi connectivity index (χ4v) is 3.16. The number of unbranched alkanes of at least 4 members (excludes halogenated alkanes) is 5. The number of aromatic nitrogens is 2. The Bertz CT molecular complexity index is 428. The molecule has 2 nitrogen and oxygen atoms in total. The zero-order valence-electron chi connectivity index (χ0n) is 15.5. The molecule has 0 amide bonds. The predicted molar refractivity (Wildman–Crippen MR) is 96.4 cm³/mol. The molecule has 0 aliphatic rings. The van der Waals surface area contributed by atoms with Crippen LogP contribution >= 0.6 is 0 Å². The molecule has 0 aliphatic heterocycles. The molecular formula is C20H36N2. The first-order valence-corrected chi connectivity index (χ1v) is 9.40. The van der Waals surface area contributed by atoms with Crippen LogP contribution in [0.15, 0.2) is 6.20 Å². The smallest absolute Gasteiger partial charge is 0.134 e. The zero-order chi connectivity index (χ0) is 16.4. The average Bonchev–Trinajstić information content (AvgIpc) is 2.52. The molecule has 1 rings (SSSR count). The highest BCUT2D eigenvalue weighted by Crippen LogP contribution is 2.33. The Morgan fingerprint density at radius 2 is 1.55 bits per heavy atom. The van der Waals surface area contributed by atoms with Gasteiger partial charge in [-0.05, 0) is 31.7 Å². The number of hydrogen-bond acceptors (Lipinski definition) is 2. The van der Waals surface area contributed by atoms with Crippen LogP contribution in [0.3, 0.4) is 0 Å². The van der Waals surface area contributed by atoms with Crippen molar-refractivity contribution in [3.8, 4) is 0 Å². The van der Waals surface area contributed by atoms with E-state index in [0.717, 1.165) is 12.2 Å². The van der Waals surface area contributed by atoms with E-state index in [1.807, 2.05) is 0 Å². The molecule has 126 valence electrons. The maximum absolute atomic E-state index is 4.87. The summed E-state index contributed by atoms with van der Waals surface area (Å²) in [5.74, 6) is 1.08. The summed E-state index contributed by atoms with van der Waals surface area (Å²) < 4.78 is 0. The van der Waals surface area contributed by atoms with Crippen LogP contribution in [0, 0.1) is 6.92 Å². The fourth-order valence-electron chi connectivity index (χ4n) is 3.16. The minimum Gasteiger partial charge on any atom is -0.240 e. The lowest BCUT2D eigenvalue weighted by molar-refractivity contribution is 0.348.